The quantitative estimate of drug-likeness (QED) is 0.409. The van der Waals surface area contributed by atoms with Gasteiger partial charge in [-0.05, 0) is 74.0 Å². The molecule has 3 rings (SSSR count). The van der Waals surface area contributed by atoms with Crippen LogP contribution in [-0.2, 0) is 9.53 Å². The van der Waals surface area contributed by atoms with Crippen molar-refractivity contribution in [1.82, 2.24) is 0 Å². The maximum atomic E-state index is 12.3. The standard InChI is InChI=1S/C26H27N3O4/c1-3-15-33-26(32)19-7-9-22(10-8-19)28-24(30)17-27-21-11-13-23(14-12-21)29-25(31)20-6-4-5-18(2)16-20/h4-14,16,27H,3,15,17H2,1-2H3,(H,28,30)(H,29,31). The number of esters is 1. The highest BCUT2D eigenvalue weighted by atomic mass is 16.5. The third kappa shape index (κ3) is 7.21. The maximum absolute atomic E-state index is 12.3. The maximum Gasteiger partial charge on any atom is 0.338 e. The lowest BCUT2D eigenvalue weighted by molar-refractivity contribution is -0.114. The van der Waals surface area contributed by atoms with E-state index in [-0.39, 0.29) is 24.3 Å². The fraction of sp³-hybridized carbons (Fsp3) is 0.192. The molecule has 170 valence electrons. The van der Waals surface area contributed by atoms with E-state index in [4.69, 9.17) is 4.74 Å². The Balaban J connectivity index is 1.46. The Morgan fingerprint density at radius 3 is 2.09 bits per heavy atom. The monoisotopic (exact) mass is 445 g/mol. The Kier molecular flexibility index (Phi) is 8.18. The van der Waals surface area contributed by atoms with Gasteiger partial charge < -0.3 is 20.7 Å². The lowest BCUT2D eigenvalue weighted by Crippen LogP contribution is -2.21. The minimum Gasteiger partial charge on any atom is -0.462 e. The second-order valence-corrected chi connectivity index (χ2v) is 7.52. The van der Waals surface area contributed by atoms with Gasteiger partial charge in [-0.3, -0.25) is 9.59 Å². The smallest absolute Gasteiger partial charge is 0.338 e. The molecule has 0 heterocycles. The fourth-order valence-electron chi connectivity index (χ4n) is 3.02. The van der Waals surface area contributed by atoms with Crippen molar-refractivity contribution in [2.24, 2.45) is 0 Å². The first-order chi connectivity index (χ1) is 15.9. The Hall–Kier alpha value is -4.13. The summed E-state index contributed by atoms with van der Waals surface area (Å²) in [7, 11) is 0. The second kappa shape index (κ2) is 11.5. The van der Waals surface area contributed by atoms with E-state index >= 15 is 0 Å². The van der Waals surface area contributed by atoms with Crippen LogP contribution in [0, 0.1) is 6.92 Å². The summed E-state index contributed by atoms with van der Waals surface area (Å²) >= 11 is 0. The summed E-state index contributed by atoms with van der Waals surface area (Å²) in [5.74, 6) is -0.786. The molecule has 0 fully saturated rings. The largest absolute Gasteiger partial charge is 0.462 e. The van der Waals surface area contributed by atoms with Gasteiger partial charge in [-0.1, -0.05) is 24.6 Å². The number of aryl methyl sites for hydroxylation is 1. The van der Waals surface area contributed by atoms with Crippen LogP contribution in [0.25, 0.3) is 0 Å². The first-order valence-electron chi connectivity index (χ1n) is 10.7. The third-order valence-corrected chi connectivity index (χ3v) is 4.72. The molecule has 0 spiro atoms. The first-order valence-corrected chi connectivity index (χ1v) is 10.7. The zero-order valence-corrected chi connectivity index (χ0v) is 18.7. The van der Waals surface area contributed by atoms with E-state index in [0.29, 0.717) is 29.1 Å². The van der Waals surface area contributed by atoms with Crippen LogP contribution < -0.4 is 16.0 Å². The number of carbonyl (C=O) groups is 3. The van der Waals surface area contributed by atoms with Crippen LogP contribution in [-0.4, -0.2) is 30.9 Å². The van der Waals surface area contributed by atoms with Crippen LogP contribution in [0.5, 0.6) is 0 Å². The Morgan fingerprint density at radius 2 is 1.42 bits per heavy atom. The molecule has 0 atom stereocenters. The number of nitrogens with one attached hydrogen (secondary N) is 3. The van der Waals surface area contributed by atoms with Crippen LogP contribution in [0.15, 0.2) is 72.8 Å². The van der Waals surface area contributed by atoms with E-state index in [9.17, 15) is 14.4 Å². The van der Waals surface area contributed by atoms with Crippen molar-refractivity contribution in [1.29, 1.82) is 0 Å². The summed E-state index contributed by atoms with van der Waals surface area (Å²) in [4.78, 5) is 36.4. The van der Waals surface area contributed by atoms with E-state index < -0.39 is 0 Å². The SMILES string of the molecule is CCCOC(=O)c1ccc(NC(=O)CNc2ccc(NC(=O)c3cccc(C)c3)cc2)cc1. The number of hydrogen-bond acceptors (Lipinski definition) is 5. The van der Waals surface area contributed by atoms with Gasteiger partial charge in [0.05, 0.1) is 18.7 Å². The van der Waals surface area contributed by atoms with Crippen molar-refractivity contribution in [3.05, 3.63) is 89.5 Å². The van der Waals surface area contributed by atoms with Gasteiger partial charge in [-0.2, -0.15) is 0 Å². The molecule has 0 aliphatic heterocycles. The summed E-state index contributed by atoms with van der Waals surface area (Å²) in [5.41, 5.74) is 4.05. The molecule has 7 heteroatoms. The summed E-state index contributed by atoms with van der Waals surface area (Å²) in [6.07, 6.45) is 0.762. The topological polar surface area (TPSA) is 96.5 Å². The molecule has 3 aromatic carbocycles. The Morgan fingerprint density at radius 1 is 0.788 bits per heavy atom. The molecule has 0 saturated heterocycles. The minimum absolute atomic E-state index is 0.0648. The van der Waals surface area contributed by atoms with Crippen molar-refractivity contribution in [3.63, 3.8) is 0 Å². The van der Waals surface area contributed by atoms with E-state index in [1.807, 2.05) is 32.0 Å². The molecule has 2 amide bonds. The average molecular weight is 446 g/mol. The average Bonchev–Trinajstić information content (AvgIpc) is 2.82. The number of ether oxygens (including phenoxy) is 1. The van der Waals surface area contributed by atoms with Crippen LogP contribution in [0.3, 0.4) is 0 Å². The number of rotatable bonds is 9. The highest BCUT2D eigenvalue weighted by molar-refractivity contribution is 6.04. The number of carbonyl (C=O) groups excluding carboxylic acids is 3. The lowest BCUT2D eigenvalue weighted by Gasteiger charge is -2.10. The number of hydrogen-bond donors (Lipinski definition) is 3. The van der Waals surface area contributed by atoms with Crippen LogP contribution in [0.1, 0.15) is 39.6 Å². The molecule has 33 heavy (non-hydrogen) atoms. The molecule has 0 saturated carbocycles. The van der Waals surface area contributed by atoms with Gasteiger partial charge in [0.15, 0.2) is 0 Å². The molecule has 0 bridgehead atoms. The van der Waals surface area contributed by atoms with Crippen LogP contribution in [0.2, 0.25) is 0 Å². The molecule has 7 nitrogen and oxygen atoms in total. The second-order valence-electron chi connectivity index (χ2n) is 7.52. The van der Waals surface area contributed by atoms with E-state index in [1.165, 1.54) is 0 Å². The molecule has 0 aromatic heterocycles. The van der Waals surface area contributed by atoms with E-state index in [0.717, 1.165) is 17.7 Å². The number of anilines is 3. The highest BCUT2D eigenvalue weighted by Gasteiger charge is 2.09. The van der Waals surface area contributed by atoms with Crippen molar-refractivity contribution in [3.8, 4) is 0 Å². The van der Waals surface area contributed by atoms with E-state index in [1.54, 1.807) is 54.6 Å². The third-order valence-electron chi connectivity index (χ3n) is 4.72. The normalized spacial score (nSPS) is 10.2. The molecule has 0 aliphatic rings. The van der Waals surface area contributed by atoms with Gasteiger partial charge in [0.1, 0.15) is 0 Å². The van der Waals surface area contributed by atoms with Gasteiger partial charge in [-0.25, -0.2) is 4.79 Å². The predicted octanol–water partition coefficient (Wildman–Crippen LogP) is 4.86. The van der Waals surface area contributed by atoms with Crippen molar-refractivity contribution in [2.45, 2.75) is 20.3 Å². The Labute approximate surface area is 193 Å². The summed E-state index contributed by atoms with van der Waals surface area (Å²) in [6, 6.07) is 21.0. The van der Waals surface area contributed by atoms with Crippen molar-refractivity contribution in [2.75, 3.05) is 29.1 Å². The predicted molar refractivity (Wildman–Crippen MR) is 130 cm³/mol. The first kappa shape index (κ1) is 23.5. The molecular formula is C26H27N3O4. The van der Waals surface area contributed by atoms with Gasteiger partial charge in [-0.15, -0.1) is 0 Å². The van der Waals surface area contributed by atoms with Crippen molar-refractivity contribution < 1.29 is 19.1 Å². The molecule has 3 aromatic rings. The zero-order valence-electron chi connectivity index (χ0n) is 18.7. The molecule has 0 radical (unpaired) electrons. The van der Waals surface area contributed by atoms with Gasteiger partial charge in [0, 0.05) is 22.6 Å². The molecule has 0 unspecified atom stereocenters. The van der Waals surface area contributed by atoms with Gasteiger partial charge in [0.25, 0.3) is 5.91 Å². The molecule has 3 N–H and O–H groups in total. The lowest BCUT2D eigenvalue weighted by atomic mass is 10.1. The number of benzene rings is 3. The van der Waals surface area contributed by atoms with E-state index in [2.05, 4.69) is 16.0 Å². The fourth-order valence-corrected chi connectivity index (χ4v) is 3.02. The zero-order chi connectivity index (χ0) is 23.6. The number of amides is 2. The van der Waals surface area contributed by atoms with Gasteiger partial charge >= 0.3 is 5.97 Å². The Bertz CT molecular complexity index is 1110. The summed E-state index contributed by atoms with van der Waals surface area (Å²) in [5, 5.41) is 8.66. The van der Waals surface area contributed by atoms with Crippen LogP contribution >= 0.6 is 0 Å². The minimum atomic E-state index is -0.380. The summed E-state index contributed by atoms with van der Waals surface area (Å²) < 4.78 is 5.08. The van der Waals surface area contributed by atoms with Crippen LogP contribution in [0.4, 0.5) is 17.1 Å². The van der Waals surface area contributed by atoms with Crippen molar-refractivity contribution >= 4 is 34.8 Å². The molecular weight excluding hydrogens is 418 g/mol. The summed E-state index contributed by atoms with van der Waals surface area (Å²) in [6.45, 7) is 4.31. The highest BCUT2D eigenvalue weighted by Crippen LogP contribution is 2.16. The molecule has 0 aliphatic carbocycles. The van der Waals surface area contributed by atoms with Gasteiger partial charge in [0.2, 0.25) is 5.91 Å².